The Balaban J connectivity index is 1.82. The number of aromatic nitrogens is 1. The first-order chi connectivity index (χ1) is 8.84. The van der Waals surface area contributed by atoms with Gasteiger partial charge in [0.2, 0.25) is 0 Å². The van der Waals surface area contributed by atoms with E-state index in [0.717, 1.165) is 19.4 Å². The molecule has 2 fully saturated rings. The molecule has 0 aromatic carbocycles. The maximum atomic E-state index is 5.87. The van der Waals surface area contributed by atoms with E-state index in [1.54, 1.807) is 11.3 Å². The van der Waals surface area contributed by atoms with E-state index in [0.29, 0.717) is 6.04 Å². The van der Waals surface area contributed by atoms with Gasteiger partial charge in [-0.05, 0) is 32.2 Å². The van der Waals surface area contributed by atoms with E-state index >= 15 is 0 Å². The molecular formula is C14H22N2OS. The lowest BCUT2D eigenvalue weighted by Gasteiger charge is -2.34. The normalized spacial score (nSPS) is 27.5. The Bertz CT molecular complexity index is 392. The molecule has 0 amide bonds. The zero-order chi connectivity index (χ0) is 12.4. The summed E-state index contributed by atoms with van der Waals surface area (Å²) in [5.74, 6) is 0. The predicted molar refractivity (Wildman–Crippen MR) is 73.9 cm³/mol. The molecule has 1 saturated heterocycles. The van der Waals surface area contributed by atoms with E-state index in [1.165, 1.54) is 42.8 Å². The zero-order valence-corrected chi connectivity index (χ0v) is 11.9. The molecular weight excluding hydrogens is 244 g/mol. The van der Waals surface area contributed by atoms with Crippen molar-refractivity contribution >= 4 is 11.3 Å². The van der Waals surface area contributed by atoms with Crippen molar-refractivity contribution in [3.05, 3.63) is 16.1 Å². The van der Waals surface area contributed by atoms with Crippen LogP contribution in [0, 0.1) is 0 Å². The fourth-order valence-corrected chi connectivity index (χ4v) is 4.33. The molecule has 1 saturated carbocycles. The van der Waals surface area contributed by atoms with Gasteiger partial charge in [0.15, 0.2) is 0 Å². The van der Waals surface area contributed by atoms with E-state index in [-0.39, 0.29) is 5.60 Å². The lowest BCUT2D eigenvalue weighted by atomic mass is 9.85. The van der Waals surface area contributed by atoms with Crippen LogP contribution in [0.25, 0.3) is 0 Å². The molecule has 1 aliphatic heterocycles. The molecule has 1 unspecified atom stereocenters. The first kappa shape index (κ1) is 12.6. The Morgan fingerprint density at radius 3 is 2.83 bits per heavy atom. The van der Waals surface area contributed by atoms with Gasteiger partial charge in [-0.2, -0.15) is 0 Å². The van der Waals surface area contributed by atoms with E-state index in [2.05, 4.69) is 10.7 Å². The van der Waals surface area contributed by atoms with Gasteiger partial charge in [0.25, 0.3) is 0 Å². The second-order valence-corrected chi connectivity index (χ2v) is 6.34. The lowest BCUT2D eigenvalue weighted by molar-refractivity contribution is -0.0447. The fraction of sp³-hybridized carbons (Fsp3) is 0.786. The van der Waals surface area contributed by atoms with Crippen LogP contribution in [0.2, 0.25) is 0 Å². The quantitative estimate of drug-likeness (QED) is 0.910. The van der Waals surface area contributed by atoms with Crippen molar-refractivity contribution in [1.82, 2.24) is 10.3 Å². The van der Waals surface area contributed by atoms with Gasteiger partial charge in [0.1, 0.15) is 10.6 Å². The van der Waals surface area contributed by atoms with Crippen LogP contribution >= 0.6 is 11.3 Å². The SMILES string of the molecule is COC1(c2nc(C3CCCN3)cs2)CCCCC1. The van der Waals surface area contributed by atoms with Crippen molar-refractivity contribution in [2.24, 2.45) is 0 Å². The maximum Gasteiger partial charge on any atom is 0.125 e. The highest BCUT2D eigenvalue weighted by atomic mass is 32.1. The highest BCUT2D eigenvalue weighted by molar-refractivity contribution is 7.09. The van der Waals surface area contributed by atoms with E-state index in [4.69, 9.17) is 9.72 Å². The number of hydrogen-bond donors (Lipinski definition) is 1. The molecule has 0 radical (unpaired) electrons. The molecule has 2 heterocycles. The second kappa shape index (κ2) is 5.27. The van der Waals surface area contributed by atoms with Crippen molar-refractivity contribution in [2.45, 2.75) is 56.6 Å². The van der Waals surface area contributed by atoms with Gasteiger partial charge in [-0.15, -0.1) is 11.3 Å². The monoisotopic (exact) mass is 266 g/mol. The van der Waals surface area contributed by atoms with Gasteiger partial charge in [0.05, 0.1) is 11.7 Å². The number of ether oxygens (including phenoxy) is 1. The molecule has 4 heteroatoms. The van der Waals surface area contributed by atoms with Crippen LogP contribution in [-0.2, 0) is 10.3 Å². The summed E-state index contributed by atoms with van der Waals surface area (Å²) < 4.78 is 5.87. The summed E-state index contributed by atoms with van der Waals surface area (Å²) in [5, 5.41) is 6.96. The van der Waals surface area contributed by atoms with E-state index in [1.807, 2.05) is 7.11 Å². The summed E-state index contributed by atoms with van der Waals surface area (Å²) in [6, 6.07) is 0.479. The van der Waals surface area contributed by atoms with Crippen molar-refractivity contribution < 1.29 is 4.74 Å². The number of rotatable bonds is 3. The van der Waals surface area contributed by atoms with Crippen LogP contribution in [0.4, 0.5) is 0 Å². The minimum atomic E-state index is -0.0836. The number of thiazole rings is 1. The first-order valence-electron chi connectivity index (χ1n) is 7.08. The highest BCUT2D eigenvalue weighted by Crippen LogP contribution is 2.42. The van der Waals surface area contributed by atoms with Crippen molar-refractivity contribution in [1.29, 1.82) is 0 Å². The summed E-state index contributed by atoms with van der Waals surface area (Å²) in [6.07, 6.45) is 8.64. The van der Waals surface area contributed by atoms with Crippen LogP contribution in [0.3, 0.4) is 0 Å². The minimum Gasteiger partial charge on any atom is -0.371 e. The van der Waals surface area contributed by atoms with Crippen LogP contribution in [0.15, 0.2) is 5.38 Å². The summed E-state index contributed by atoms with van der Waals surface area (Å²) >= 11 is 1.79. The smallest absolute Gasteiger partial charge is 0.125 e. The van der Waals surface area contributed by atoms with E-state index < -0.39 is 0 Å². The molecule has 3 nitrogen and oxygen atoms in total. The third-order valence-corrected chi connectivity index (χ3v) is 5.43. The third-order valence-electron chi connectivity index (χ3n) is 4.38. The van der Waals surface area contributed by atoms with Crippen LogP contribution in [0.5, 0.6) is 0 Å². The number of nitrogens with zero attached hydrogens (tertiary/aromatic N) is 1. The zero-order valence-electron chi connectivity index (χ0n) is 11.1. The number of hydrogen-bond acceptors (Lipinski definition) is 4. The average molecular weight is 266 g/mol. The Labute approximate surface area is 113 Å². The molecule has 18 heavy (non-hydrogen) atoms. The second-order valence-electron chi connectivity index (χ2n) is 5.49. The molecule has 1 aliphatic carbocycles. The Hall–Kier alpha value is -0.450. The number of nitrogens with one attached hydrogen (secondary N) is 1. The summed E-state index contributed by atoms with van der Waals surface area (Å²) in [4.78, 5) is 4.89. The largest absolute Gasteiger partial charge is 0.371 e. The molecule has 2 aliphatic rings. The summed E-state index contributed by atoms with van der Waals surface area (Å²) in [7, 11) is 1.85. The van der Waals surface area contributed by atoms with Crippen LogP contribution in [0.1, 0.15) is 61.7 Å². The molecule has 3 rings (SSSR count). The van der Waals surface area contributed by atoms with Gasteiger partial charge < -0.3 is 10.1 Å². The summed E-state index contributed by atoms with van der Waals surface area (Å²) in [5.41, 5.74) is 1.15. The molecule has 1 aromatic rings. The third kappa shape index (κ3) is 2.22. The lowest BCUT2D eigenvalue weighted by Crippen LogP contribution is -2.31. The molecule has 0 spiro atoms. The first-order valence-corrected chi connectivity index (χ1v) is 7.96. The Morgan fingerprint density at radius 1 is 1.33 bits per heavy atom. The molecule has 0 bridgehead atoms. The van der Waals surface area contributed by atoms with Gasteiger partial charge in [-0.1, -0.05) is 19.3 Å². The van der Waals surface area contributed by atoms with Gasteiger partial charge in [-0.3, -0.25) is 0 Å². The molecule has 1 aromatic heterocycles. The highest BCUT2D eigenvalue weighted by Gasteiger charge is 2.37. The molecule has 1 N–H and O–H groups in total. The average Bonchev–Trinajstić information content (AvgIpc) is 3.10. The predicted octanol–water partition coefficient (Wildman–Crippen LogP) is 3.37. The van der Waals surface area contributed by atoms with Crippen molar-refractivity contribution in [3.8, 4) is 0 Å². The van der Waals surface area contributed by atoms with Gasteiger partial charge in [-0.25, -0.2) is 4.98 Å². The van der Waals surface area contributed by atoms with Gasteiger partial charge >= 0.3 is 0 Å². The molecule has 100 valence electrons. The Kier molecular flexibility index (Phi) is 3.68. The van der Waals surface area contributed by atoms with Crippen LogP contribution < -0.4 is 5.32 Å². The van der Waals surface area contributed by atoms with Crippen LogP contribution in [-0.4, -0.2) is 18.6 Å². The number of methoxy groups -OCH3 is 1. The maximum absolute atomic E-state index is 5.87. The fourth-order valence-electron chi connectivity index (χ4n) is 3.22. The van der Waals surface area contributed by atoms with Crippen molar-refractivity contribution in [2.75, 3.05) is 13.7 Å². The topological polar surface area (TPSA) is 34.1 Å². The van der Waals surface area contributed by atoms with E-state index in [9.17, 15) is 0 Å². The van der Waals surface area contributed by atoms with Gasteiger partial charge in [0, 0.05) is 12.5 Å². The summed E-state index contributed by atoms with van der Waals surface area (Å²) in [6.45, 7) is 1.13. The van der Waals surface area contributed by atoms with Crippen molar-refractivity contribution in [3.63, 3.8) is 0 Å². The standard InChI is InChI=1S/C14H22N2OS/c1-17-14(7-3-2-4-8-14)13-16-12(10-18-13)11-6-5-9-15-11/h10-11,15H,2-9H2,1H3. The minimum absolute atomic E-state index is 0.0836. The Morgan fingerprint density at radius 2 is 2.17 bits per heavy atom. The molecule has 1 atom stereocenters.